The van der Waals surface area contributed by atoms with Crippen molar-refractivity contribution in [3.05, 3.63) is 0 Å². The summed E-state index contributed by atoms with van der Waals surface area (Å²) in [6.45, 7) is 3.70. The summed E-state index contributed by atoms with van der Waals surface area (Å²) in [6, 6.07) is 2.22. The number of hydrogen-bond acceptors (Lipinski definition) is 3. The highest BCUT2D eigenvalue weighted by atomic mass is 16.5. The van der Waals surface area contributed by atoms with E-state index in [1.165, 1.54) is 0 Å². The molecule has 0 aliphatic rings. The Labute approximate surface area is 74.9 Å². The van der Waals surface area contributed by atoms with Crippen LogP contribution < -0.4 is 0 Å². The first-order valence-electron chi connectivity index (χ1n) is 4.31. The summed E-state index contributed by atoms with van der Waals surface area (Å²) in [5, 5.41) is 8.59. The van der Waals surface area contributed by atoms with Gasteiger partial charge in [0.2, 0.25) is 0 Å². The zero-order valence-corrected chi connectivity index (χ0v) is 8.21. The molecule has 0 aromatic heterocycles. The summed E-state index contributed by atoms with van der Waals surface area (Å²) >= 11 is 0. The molecule has 0 saturated heterocycles. The van der Waals surface area contributed by atoms with Crippen LogP contribution >= 0.6 is 0 Å². The lowest BCUT2D eigenvalue weighted by molar-refractivity contribution is 0.185. The molecular formula is C9H18N2O. The first-order valence-corrected chi connectivity index (χ1v) is 4.31. The summed E-state index contributed by atoms with van der Waals surface area (Å²) in [6.07, 6.45) is 2.16. The molecule has 0 aromatic rings. The fourth-order valence-corrected chi connectivity index (χ4v) is 0.900. The van der Waals surface area contributed by atoms with E-state index in [9.17, 15) is 0 Å². The molecule has 0 fully saturated rings. The van der Waals surface area contributed by atoms with Crippen LogP contribution in [0.25, 0.3) is 0 Å². The molecular weight excluding hydrogens is 152 g/mol. The Balaban J connectivity index is 3.32. The summed E-state index contributed by atoms with van der Waals surface area (Å²) < 4.78 is 4.93. The van der Waals surface area contributed by atoms with Crippen LogP contribution in [0.3, 0.4) is 0 Å². The third kappa shape index (κ3) is 5.11. The van der Waals surface area contributed by atoms with E-state index >= 15 is 0 Å². The highest BCUT2D eigenvalue weighted by Gasteiger charge is 2.05. The van der Waals surface area contributed by atoms with Crippen LogP contribution in [0.15, 0.2) is 0 Å². The van der Waals surface area contributed by atoms with E-state index < -0.39 is 0 Å². The van der Waals surface area contributed by atoms with Gasteiger partial charge in [-0.3, -0.25) is 4.90 Å². The Morgan fingerprint density at radius 1 is 1.50 bits per heavy atom. The van der Waals surface area contributed by atoms with Crippen LogP contribution in [-0.4, -0.2) is 38.3 Å². The normalized spacial score (nSPS) is 12.9. The molecule has 1 atom stereocenters. The Bertz CT molecular complexity index is 142. The van der Waals surface area contributed by atoms with Crippen molar-refractivity contribution in [3.63, 3.8) is 0 Å². The van der Waals surface area contributed by atoms with Gasteiger partial charge in [-0.25, -0.2) is 0 Å². The average Bonchev–Trinajstić information content (AvgIpc) is 2.10. The molecule has 0 amide bonds. The molecule has 0 aromatic carbocycles. The number of ether oxygens (including phenoxy) is 1. The van der Waals surface area contributed by atoms with E-state index in [-0.39, 0.29) is 6.04 Å². The van der Waals surface area contributed by atoms with Crippen LogP contribution in [0.4, 0.5) is 0 Å². The van der Waals surface area contributed by atoms with Crippen molar-refractivity contribution in [2.75, 3.05) is 27.3 Å². The summed E-state index contributed by atoms with van der Waals surface area (Å²) in [5.74, 6) is 0. The van der Waals surface area contributed by atoms with Crippen LogP contribution in [0.5, 0.6) is 0 Å². The number of unbranched alkanes of at least 4 members (excludes halogenated alkanes) is 1. The second-order valence-corrected chi connectivity index (χ2v) is 2.99. The molecule has 0 N–H and O–H groups in total. The van der Waals surface area contributed by atoms with Crippen molar-refractivity contribution in [3.8, 4) is 6.07 Å². The molecule has 12 heavy (non-hydrogen) atoms. The predicted octanol–water partition coefficient (Wildman–Crippen LogP) is 1.26. The molecule has 70 valence electrons. The lowest BCUT2D eigenvalue weighted by Crippen LogP contribution is -2.28. The smallest absolute Gasteiger partial charge is 0.0946 e. The SMILES string of the molecule is COCCCCN(C)C(C)C#N. The maximum absolute atomic E-state index is 8.59. The Hall–Kier alpha value is -0.590. The summed E-state index contributed by atoms with van der Waals surface area (Å²) in [7, 11) is 3.68. The molecule has 0 bridgehead atoms. The third-order valence-electron chi connectivity index (χ3n) is 1.96. The van der Waals surface area contributed by atoms with Gasteiger partial charge in [-0.1, -0.05) is 0 Å². The topological polar surface area (TPSA) is 36.3 Å². The average molecular weight is 170 g/mol. The molecule has 0 heterocycles. The fraction of sp³-hybridized carbons (Fsp3) is 0.889. The number of nitriles is 1. The van der Waals surface area contributed by atoms with Gasteiger partial charge in [0.05, 0.1) is 12.1 Å². The molecule has 0 radical (unpaired) electrons. The second kappa shape index (κ2) is 7.08. The van der Waals surface area contributed by atoms with E-state index in [4.69, 9.17) is 10.00 Å². The van der Waals surface area contributed by atoms with Crippen molar-refractivity contribution < 1.29 is 4.74 Å². The molecule has 0 aliphatic heterocycles. The Kier molecular flexibility index (Phi) is 6.73. The third-order valence-corrected chi connectivity index (χ3v) is 1.96. The molecule has 3 heteroatoms. The predicted molar refractivity (Wildman–Crippen MR) is 48.8 cm³/mol. The van der Waals surface area contributed by atoms with Gasteiger partial charge < -0.3 is 4.74 Å². The van der Waals surface area contributed by atoms with Crippen molar-refractivity contribution in [1.29, 1.82) is 5.26 Å². The number of nitrogens with zero attached hydrogens (tertiary/aromatic N) is 2. The van der Waals surface area contributed by atoms with Crippen LogP contribution in [0.1, 0.15) is 19.8 Å². The van der Waals surface area contributed by atoms with Crippen molar-refractivity contribution in [2.24, 2.45) is 0 Å². The number of hydrogen-bond donors (Lipinski definition) is 0. The monoisotopic (exact) mass is 170 g/mol. The van der Waals surface area contributed by atoms with E-state index in [2.05, 4.69) is 11.0 Å². The van der Waals surface area contributed by atoms with Gasteiger partial charge in [0, 0.05) is 13.7 Å². The van der Waals surface area contributed by atoms with Gasteiger partial charge in [-0.05, 0) is 33.4 Å². The van der Waals surface area contributed by atoms with E-state index in [1.807, 2.05) is 14.0 Å². The lowest BCUT2D eigenvalue weighted by Gasteiger charge is -2.18. The molecule has 0 saturated carbocycles. The first-order chi connectivity index (χ1) is 5.72. The van der Waals surface area contributed by atoms with Crippen LogP contribution in [0, 0.1) is 11.3 Å². The van der Waals surface area contributed by atoms with Gasteiger partial charge in [0.15, 0.2) is 0 Å². The standard InChI is InChI=1S/C9H18N2O/c1-9(8-10)11(2)6-4-5-7-12-3/h9H,4-7H2,1-3H3. The maximum Gasteiger partial charge on any atom is 0.0946 e. The Morgan fingerprint density at radius 2 is 2.17 bits per heavy atom. The fourth-order valence-electron chi connectivity index (χ4n) is 0.900. The van der Waals surface area contributed by atoms with E-state index in [0.29, 0.717) is 0 Å². The zero-order chi connectivity index (χ0) is 9.40. The minimum absolute atomic E-state index is 0.0209. The molecule has 0 aliphatic carbocycles. The number of methoxy groups -OCH3 is 1. The first kappa shape index (κ1) is 11.4. The zero-order valence-electron chi connectivity index (χ0n) is 8.21. The quantitative estimate of drug-likeness (QED) is 0.563. The largest absolute Gasteiger partial charge is 0.385 e. The highest BCUT2D eigenvalue weighted by Crippen LogP contribution is 1.97. The van der Waals surface area contributed by atoms with Gasteiger partial charge >= 0.3 is 0 Å². The Morgan fingerprint density at radius 3 is 2.67 bits per heavy atom. The highest BCUT2D eigenvalue weighted by molar-refractivity contribution is 4.86. The van der Waals surface area contributed by atoms with E-state index in [1.54, 1.807) is 7.11 Å². The molecule has 3 nitrogen and oxygen atoms in total. The van der Waals surface area contributed by atoms with Gasteiger partial charge in [-0.2, -0.15) is 5.26 Å². The molecule has 1 unspecified atom stereocenters. The summed E-state index contributed by atoms with van der Waals surface area (Å²) in [5.41, 5.74) is 0. The molecule has 0 spiro atoms. The van der Waals surface area contributed by atoms with Crippen LogP contribution in [0.2, 0.25) is 0 Å². The van der Waals surface area contributed by atoms with E-state index in [0.717, 1.165) is 26.0 Å². The second-order valence-electron chi connectivity index (χ2n) is 2.99. The maximum atomic E-state index is 8.59. The lowest BCUT2D eigenvalue weighted by atomic mass is 10.2. The summed E-state index contributed by atoms with van der Waals surface area (Å²) in [4.78, 5) is 2.05. The van der Waals surface area contributed by atoms with Gasteiger partial charge in [-0.15, -0.1) is 0 Å². The van der Waals surface area contributed by atoms with Gasteiger partial charge in [0.25, 0.3) is 0 Å². The number of rotatable bonds is 6. The minimum Gasteiger partial charge on any atom is -0.385 e. The van der Waals surface area contributed by atoms with Crippen molar-refractivity contribution >= 4 is 0 Å². The minimum atomic E-state index is 0.0209. The van der Waals surface area contributed by atoms with Crippen molar-refractivity contribution in [2.45, 2.75) is 25.8 Å². The molecule has 0 rings (SSSR count). The van der Waals surface area contributed by atoms with Crippen molar-refractivity contribution in [1.82, 2.24) is 4.90 Å². The van der Waals surface area contributed by atoms with Gasteiger partial charge in [0.1, 0.15) is 0 Å². The van der Waals surface area contributed by atoms with Crippen LogP contribution in [-0.2, 0) is 4.74 Å².